The maximum atomic E-state index is 10.8. The number of nitrogens with zero attached hydrogens (tertiary/aromatic N) is 1. The van der Waals surface area contributed by atoms with Crippen LogP contribution in [0.3, 0.4) is 0 Å². The van der Waals surface area contributed by atoms with Crippen molar-refractivity contribution in [1.82, 2.24) is 4.98 Å². The number of esters is 1. The number of pyridine rings is 1. The van der Waals surface area contributed by atoms with Crippen LogP contribution in [0, 0.1) is 6.92 Å². The molecule has 1 aromatic heterocycles. The molecule has 0 N–H and O–H groups in total. The maximum Gasteiger partial charge on any atom is 0.330 e. The third-order valence-corrected chi connectivity index (χ3v) is 1.87. The molecule has 0 fully saturated rings. The van der Waals surface area contributed by atoms with Crippen molar-refractivity contribution in [2.45, 2.75) is 6.92 Å². The van der Waals surface area contributed by atoms with Crippen LogP contribution >= 0.6 is 11.6 Å². The topological polar surface area (TPSA) is 39.2 Å². The molecule has 0 aliphatic rings. The van der Waals surface area contributed by atoms with Crippen LogP contribution < -0.4 is 0 Å². The maximum absolute atomic E-state index is 10.8. The van der Waals surface area contributed by atoms with Gasteiger partial charge in [-0.15, -0.1) is 0 Å². The van der Waals surface area contributed by atoms with Crippen LogP contribution in [0.1, 0.15) is 11.3 Å². The molecule has 0 radical (unpaired) electrons. The van der Waals surface area contributed by atoms with Crippen molar-refractivity contribution in [1.29, 1.82) is 0 Å². The summed E-state index contributed by atoms with van der Waals surface area (Å²) in [7, 11) is 1.33. The van der Waals surface area contributed by atoms with Crippen molar-refractivity contribution in [3.63, 3.8) is 0 Å². The van der Waals surface area contributed by atoms with Crippen LogP contribution in [-0.4, -0.2) is 18.1 Å². The number of hydrogen-bond acceptors (Lipinski definition) is 3. The lowest BCUT2D eigenvalue weighted by atomic mass is 10.2. The van der Waals surface area contributed by atoms with E-state index < -0.39 is 5.97 Å². The third kappa shape index (κ3) is 2.85. The van der Waals surface area contributed by atoms with E-state index in [4.69, 9.17) is 11.6 Å². The molecule has 74 valence electrons. The van der Waals surface area contributed by atoms with Crippen molar-refractivity contribution < 1.29 is 9.53 Å². The molecule has 1 rings (SSSR count). The van der Waals surface area contributed by atoms with Crippen LogP contribution in [0.5, 0.6) is 0 Å². The number of hydrogen-bond donors (Lipinski definition) is 0. The van der Waals surface area contributed by atoms with E-state index in [2.05, 4.69) is 9.72 Å². The van der Waals surface area contributed by atoms with E-state index in [0.717, 1.165) is 5.56 Å². The first-order chi connectivity index (χ1) is 6.63. The quantitative estimate of drug-likeness (QED) is 0.556. The molecular weight excluding hydrogens is 202 g/mol. The fourth-order valence-electron chi connectivity index (χ4n) is 0.941. The number of methoxy groups -OCH3 is 1. The monoisotopic (exact) mass is 211 g/mol. The van der Waals surface area contributed by atoms with Crippen LogP contribution in [0.4, 0.5) is 0 Å². The van der Waals surface area contributed by atoms with Crippen LogP contribution in [0.15, 0.2) is 18.3 Å². The normalized spacial score (nSPS) is 10.5. The molecule has 3 nitrogen and oxygen atoms in total. The highest BCUT2D eigenvalue weighted by molar-refractivity contribution is 6.30. The Bertz CT molecular complexity index is 374. The zero-order valence-electron chi connectivity index (χ0n) is 7.95. The molecule has 1 aromatic rings. The highest BCUT2D eigenvalue weighted by Gasteiger charge is 1.98. The summed E-state index contributed by atoms with van der Waals surface area (Å²) < 4.78 is 4.46. The Kier molecular flexibility index (Phi) is 3.65. The molecule has 0 aliphatic heterocycles. The summed E-state index contributed by atoms with van der Waals surface area (Å²) in [6.07, 6.45) is 4.45. The number of aromatic nitrogens is 1. The minimum absolute atomic E-state index is 0.402. The van der Waals surface area contributed by atoms with Crippen molar-refractivity contribution >= 4 is 23.6 Å². The molecule has 0 saturated heterocycles. The Morgan fingerprint density at radius 3 is 2.93 bits per heavy atom. The number of carbonyl (C=O) groups is 1. The van der Waals surface area contributed by atoms with Gasteiger partial charge >= 0.3 is 5.97 Å². The molecule has 1 heterocycles. The first-order valence-electron chi connectivity index (χ1n) is 4.01. The van der Waals surface area contributed by atoms with Gasteiger partial charge in [0, 0.05) is 12.3 Å². The van der Waals surface area contributed by atoms with Gasteiger partial charge < -0.3 is 4.74 Å². The summed E-state index contributed by atoms with van der Waals surface area (Å²) in [5, 5.41) is 0.581. The van der Waals surface area contributed by atoms with E-state index in [1.165, 1.54) is 19.4 Å². The van der Waals surface area contributed by atoms with E-state index in [9.17, 15) is 4.79 Å². The first-order valence-corrected chi connectivity index (χ1v) is 4.39. The lowest BCUT2D eigenvalue weighted by Gasteiger charge is -1.98. The molecule has 0 aliphatic carbocycles. The van der Waals surface area contributed by atoms with Gasteiger partial charge in [-0.1, -0.05) is 11.6 Å². The molecule has 0 bridgehead atoms. The number of carbonyl (C=O) groups excluding carboxylic acids is 1. The minimum atomic E-state index is -0.402. The molecule has 0 spiro atoms. The Hall–Kier alpha value is -1.35. The van der Waals surface area contributed by atoms with E-state index in [0.29, 0.717) is 10.7 Å². The Balaban J connectivity index is 2.87. The number of halogens is 1. The molecule has 0 amide bonds. The van der Waals surface area contributed by atoms with Gasteiger partial charge in [0.15, 0.2) is 0 Å². The lowest BCUT2D eigenvalue weighted by Crippen LogP contribution is -1.94. The van der Waals surface area contributed by atoms with Crippen molar-refractivity contribution in [3.05, 3.63) is 34.6 Å². The summed E-state index contributed by atoms with van der Waals surface area (Å²) in [6, 6.07) is 1.78. The van der Waals surface area contributed by atoms with Gasteiger partial charge in [-0.25, -0.2) is 4.79 Å². The van der Waals surface area contributed by atoms with E-state index in [-0.39, 0.29) is 0 Å². The van der Waals surface area contributed by atoms with Gasteiger partial charge in [0.25, 0.3) is 0 Å². The third-order valence-electron chi connectivity index (χ3n) is 1.66. The predicted octanol–water partition coefficient (Wildman–Crippen LogP) is 2.23. The van der Waals surface area contributed by atoms with Crippen molar-refractivity contribution in [2.75, 3.05) is 7.11 Å². The summed E-state index contributed by atoms with van der Waals surface area (Å²) in [4.78, 5) is 14.9. The number of ether oxygens (including phenoxy) is 1. The Morgan fingerprint density at radius 2 is 2.36 bits per heavy atom. The van der Waals surface area contributed by atoms with Crippen LogP contribution in [-0.2, 0) is 9.53 Å². The molecule has 14 heavy (non-hydrogen) atoms. The summed E-state index contributed by atoms with van der Waals surface area (Å²) >= 11 is 5.73. The first kappa shape index (κ1) is 10.7. The van der Waals surface area contributed by atoms with E-state index in [1.54, 1.807) is 12.1 Å². The standard InChI is InChI=1S/C10H10ClNO2/c1-7-5-8(11)6-12-9(7)3-4-10(13)14-2/h3-6H,1-2H3. The summed E-state index contributed by atoms with van der Waals surface area (Å²) in [6.45, 7) is 1.87. The SMILES string of the molecule is COC(=O)C=Cc1ncc(Cl)cc1C. The second-order valence-electron chi connectivity index (χ2n) is 2.71. The highest BCUT2D eigenvalue weighted by atomic mass is 35.5. The molecule has 0 saturated carbocycles. The average Bonchev–Trinajstić information content (AvgIpc) is 2.16. The second-order valence-corrected chi connectivity index (χ2v) is 3.15. The zero-order valence-corrected chi connectivity index (χ0v) is 8.71. The number of rotatable bonds is 2. The van der Waals surface area contributed by atoms with Gasteiger partial charge in [0.1, 0.15) is 0 Å². The van der Waals surface area contributed by atoms with Gasteiger partial charge in [-0.05, 0) is 24.6 Å². The molecule has 0 aromatic carbocycles. The average molecular weight is 212 g/mol. The fourth-order valence-corrected chi connectivity index (χ4v) is 1.15. The van der Waals surface area contributed by atoms with Crippen LogP contribution in [0.25, 0.3) is 6.08 Å². The van der Waals surface area contributed by atoms with Gasteiger partial charge in [0.2, 0.25) is 0 Å². The summed E-state index contributed by atoms with van der Waals surface area (Å²) in [5.74, 6) is -0.402. The minimum Gasteiger partial charge on any atom is -0.466 e. The molecule has 0 atom stereocenters. The lowest BCUT2D eigenvalue weighted by molar-refractivity contribution is -0.134. The Labute approximate surface area is 87.4 Å². The second kappa shape index (κ2) is 4.77. The largest absolute Gasteiger partial charge is 0.466 e. The van der Waals surface area contributed by atoms with Gasteiger partial charge in [0.05, 0.1) is 17.8 Å². The molecule has 0 unspecified atom stereocenters. The highest BCUT2D eigenvalue weighted by Crippen LogP contribution is 2.13. The number of aryl methyl sites for hydroxylation is 1. The summed E-state index contributed by atoms with van der Waals surface area (Å²) in [5.41, 5.74) is 1.62. The van der Waals surface area contributed by atoms with E-state index in [1.807, 2.05) is 6.92 Å². The van der Waals surface area contributed by atoms with Crippen molar-refractivity contribution in [3.8, 4) is 0 Å². The van der Waals surface area contributed by atoms with E-state index >= 15 is 0 Å². The van der Waals surface area contributed by atoms with Crippen LogP contribution in [0.2, 0.25) is 5.02 Å². The predicted molar refractivity (Wildman–Crippen MR) is 55.0 cm³/mol. The Morgan fingerprint density at radius 1 is 1.64 bits per heavy atom. The fraction of sp³-hybridized carbons (Fsp3) is 0.200. The van der Waals surface area contributed by atoms with Gasteiger partial charge in [-0.3, -0.25) is 4.98 Å². The van der Waals surface area contributed by atoms with Crippen molar-refractivity contribution in [2.24, 2.45) is 0 Å². The van der Waals surface area contributed by atoms with Gasteiger partial charge in [-0.2, -0.15) is 0 Å². The molecule has 4 heteroatoms. The molecular formula is C10H10ClNO2. The smallest absolute Gasteiger partial charge is 0.330 e. The zero-order chi connectivity index (χ0) is 10.6.